The second-order valence-electron chi connectivity index (χ2n) is 6.12. The van der Waals surface area contributed by atoms with Crippen molar-refractivity contribution in [3.63, 3.8) is 0 Å². The Labute approximate surface area is 137 Å². The highest BCUT2D eigenvalue weighted by Crippen LogP contribution is 2.23. The van der Waals surface area contributed by atoms with E-state index in [-0.39, 0.29) is 12.2 Å². The topological polar surface area (TPSA) is 54.9 Å². The van der Waals surface area contributed by atoms with Gasteiger partial charge in [-0.2, -0.15) is 0 Å². The second-order valence-corrected chi connectivity index (χ2v) is 6.12. The molecule has 23 heavy (non-hydrogen) atoms. The van der Waals surface area contributed by atoms with E-state index in [1.54, 1.807) is 12.4 Å². The average molecular weight is 319 g/mol. The second kappa shape index (κ2) is 7.64. The maximum absolute atomic E-state index is 11.8. The number of hydrogen-bond acceptors (Lipinski definition) is 5. The van der Waals surface area contributed by atoms with Crippen LogP contribution in [0.15, 0.2) is 24.5 Å². The lowest BCUT2D eigenvalue weighted by molar-refractivity contribution is 0.0739. The van der Waals surface area contributed by atoms with Crippen LogP contribution < -0.4 is 4.74 Å². The normalized spacial score (nSPS) is 23.0. The van der Waals surface area contributed by atoms with Crippen molar-refractivity contribution in [2.45, 2.75) is 38.3 Å². The van der Waals surface area contributed by atoms with Crippen molar-refractivity contribution >= 4 is 6.09 Å². The van der Waals surface area contributed by atoms with E-state index in [4.69, 9.17) is 9.47 Å². The van der Waals surface area contributed by atoms with Crippen molar-refractivity contribution in [1.29, 1.82) is 0 Å². The van der Waals surface area contributed by atoms with Gasteiger partial charge in [0.1, 0.15) is 11.9 Å². The van der Waals surface area contributed by atoms with Gasteiger partial charge in [-0.05, 0) is 38.3 Å². The number of aromatic nitrogens is 1. The molecule has 0 saturated carbocycles. The van der Waals surface area contributed by atoms with Crippen LogP contribution >= 0.6 is 0 Å². The quantitative estimate of drug-likeness (QED) is 0.851. The first-order valence-electron chi connectivity index (χ1n) is 8.48. The van der Waals surface area contributed by atoms with Crippen LogP contribution in [-0.4, -0.2) is 65.8 Å². The smallest absolute Gasteiger partial charge is 0.409 e. The molecular weight excluding hydrogens is 294 g/mol. The molecule has 126 valence electrons. The van der Waals surface area contributed by atoms with Crippen LogP contribution in [0.3, 0.4) is 0 Å². The number of amides is 1. The summed E-state index contributed by atoms with van der Waals surface area (Å²) in [5, 5.41) is 0. The van der Waals surface area contributed by atoms with Gasteiger partial charge in [0.2, 0.25) is 0 Å². The van der Waals surface area contributed by atoms with Crippen LogP contribution in [0.4, 0.5) is 4.79 Å². The Balaban J connectivity index is 1.43. The summed E-state index contributed by atoms with van der Waals surface area (Å²) in [7, 11) is 0. The van der Waals surface area contributed by atoms with Crippen molar-refractivity contribution in [2.24, 2.45) is 0 Å². The van der Waals surface area contributed by atoms with E-state index >= 15 is 0 Å². The molecule has 6 heteroatoms. The first kappa shape index (κ1) is 16.1. The van der Waals surface area contributed by atoms with Crippen molar-refractivity contribution in [1.82, 2.24) is 14.8 Å². The van der Waals surface area contributed by atoms with Crippen LogP contribution in [0.1, 0.15) is 26.2 Å². The van der Waals surface area contributed by atoms with Gasteiger partial charge in [0.15, 0.2) is 0 Å². The molecular formula is C17H25N3O3. The van der Waals surface area contributed by atoms with E-state index in [1.807, 2.05) is 24.0 Å². The number of carbonyl (C=O) groups is 1. The van der Waals surface area contributed by atoms with Crippen LogP contribution in [0.25, 0.3) is 0 Å². The molecule has 0 unspecified atom stereocenters. The zero-order valence-electron chi connectivity index (χ0n) is 13.7. The Morgan fingerprint density at radius 1 is 1.22 bits per heavy atom. The van der Waals surface area contributed by atoms with Gasteiger partial charge in [-0.25, -0.2) is 4.79 Å². The minimum Gasteiger partial charge on any atom is -0.490 e. The van der Waals surface area contributed by atoms with Crippen molar-refractivity contribution in [3.8, 4) is 5.75 Å². The summed E-state index contributed by atoms with van der Waals surface area (Å²) in [6.45, 7) is 5.93. The fraction of sp³-hybridized carbons (Fsp3) is 0.647. The molecule has 6 nitrogen and oxygen atoms in total. The summed E-state index contributed by atoms with van der Waals surface area (Å²) in [4.78, 5) is 20.1. The number of nitrogens with zero attached hydrogens (tertiary/aromatic N) is 3. The van der Waals surface area contributed by atoms with Crippen molar-refractivity contribution in [2.75, 3.05) is 32.8 Å². The molecule has 1 atom stereocenters. The van der Waals surface area contributed by atoms with Gasteiger partial charge < -0.3 is 14.4 Å². The highest BCUT2D eigenvalue weighted by atomic mass is 16.6. The van der Waals surface area contributed by atoms with E-state index in [0.29, 0.717) is 12.6 Å². The molecule has 0 N–H and O–H groups in total. The number of hydrogen-bond donors (Lipinski definition) is 0. The lowest BCUT2D eigenvalue weighted by Gasteiger charge is -2.35. The Hall–Kier alpha value is -1.82. The van der Waals surface area contributed by atoms with Crippen LogP contribution in [0.2, 0.25) is 0 Å². The minimum absolute atomic E-state index is 0.175. The zero-order chi connectivity index (χ0) is 16.1. The molecule has 2 aliphatic heterocycles. The molecule has 2 saturated heterocycles. The largest absolute Gasteiger partial charge is 0.490 e. The van der Waals surface area contributed by atoms with Crippen molar-refractivity contribution < 1.29 is 14.3 Å². The highest BCUT2D eigenvalue weighted by Gasteiger charge is 2.33. The average Bonchev–Trinajstić information content (AvgIpc) is 3.07. The molecule has 3 rings (SSSR count). The van der Waals surface area contributed by atoms with Crippen molar-refractivity contribution in [3.05, 3.63) is 24.5 Å². The summed E-state index contributed by atoms with van der Waals surface area (Å²) >= 11 is 0. The predicted molar refractivity (Wildman–Crippen MR) is 86.5 cm³/mol. The molecule has 0 bridgehead atoms. The lowest BCUT2D eigenvalue weighted by Crippen LogP contribution is -2.45. The van der Waals surface area contributed by atoms with E-state index < -0.39 is 0 Å². The maximum Gasteiger partial charge on any atom is 0.409 e. The van der Waals surface area contributed by atoms with Gasteiger partial charge in [-0.15, -0.1) is 0 Å². The van der Waals surface area contributed by atoms with E-state index in [1.165, 1.54) is 0 Å². The first-order chi connectivity index (χ1) is 11.3. The lowest BCUT2D eigenvalue weighted by atomic mass is 10.0. The van der Waals surface area contributed by atoms with Crippen LogP contribution in [-0.2, 0) is 4.74 Å². The third-order valence-corrected chi connectivity index (χ3v) is 4.63. The zero-order valence-corrected chi connectivity index (χ0v) is 13.7. The number of likely N-dealkylation sites (tertiary alicyclic amines) is 2. The molecule has 0 radical (unpaired) electrons. The summed E-state index contributed by atoms with van der Waals surface area (Å²) < 4.78 is 11.1. The van der Waals surface area contributed by atoms with Gasteiger partial charge in [-0.1, -0.05) is 0 Å². The number of carbonyl (C=O) groups excluding carboxylic acids is 1. The molecule has 0 spiro atoms. The van der Waals surface area contributed by atoms with Gasteiger partial charge in [0.05, 0.1) is 6.61 Å². The maximum atomic E-state index is 11.8. The summed E-state index contributed by atoms with van der Waals surface area (Å²) in [6.07, 6.45) is 6.70. The van der Waals surface area contributed by atoms with Crippen LogP contribution in [0.5, 0.6) is 5.75 Å². The molecule has 0 aliphatic carbocycles. The number of ether oxygens (including phenoxy) is 2. The van der Waals surface area contributed by atoms with Gasteiger partial charge >= 0.3 is 6.09 Å². The monoisotopic (exact) mass is 319 g/mol. The third kappa shape index (κ3) is 4.13. The first-order valence-corrected chi connectivity index (χ1v) is 8.48. The molecule has 2 aliphatic rings. The molecule has 1 aromatic heterocycles. The fourth-order valence-corrected chi connectivity index (χ4v) is 3.39. The van der Waals surface area contributed by atoms with Crippen LogP contribution in [0, 0.1) is 0 Å². The molecule has 3 heterocycles. The minimum atomic E-state index is -0.175. The van der Waals surface area contributed by atoms with E-state index in [9.17, 15) is 4.79 Å². The molecule has 2 fully saturated rings. The summed E-state index contributed by atoms with van der Waals surface area (Å²) in [5.41, 5.74) is 0. The van der Waals surface area contributed by atoms with Gasteiger partial charge in [0.25, 0.3) is 0 Å². The Morgan fingerprint density at radius 2 is 1.96 bits per heavy atom. The Bertz CT molecular complexity index is 503. The van der Waals surface area contributed by atoms with E-state index in [2.05, 4.69) is 9.88 Å². The highest BCUT2D eigenvalue weighted by molar-refractivity contribution is 5.68. The standard InChI is InChI=1S/C17H25N3O3/c1-2-22-17(21)20-10-5-14(13-20)19-11-6-16(7-12-19)23-15-3-8-18-9-4-15/h3-4,8-9,14,16H,2,5-7,10-13H2,1H3/t14-/m0/s1. The fourth-order valence-electron chi connectivity index (χ4n) is 3.39. The SMILES string of the molecule is CCOC(=O)N1CC[C@H](N2CCC(Oc3ccncc3)CC2)C1. The molecule has 1 amide bonds. The predicted octanol–water partition coefficient (Wildman–Crippen LogP) is 2.16. The van der Waals surface area contributed by atoms with E-state index in [0.717, 1.165) is 51.2 Å². The molecule has 0 aromatic carbocycles. The van der Waals surface area contributed by atoms with Gasteiger partial charge in [0, 0.05) is 44.6 Å². The summed E-state index contributed by atoms with van der Waals surface area (Å²) in [6, 6.07) is 4.27. The number of pyridine rings is 1. The van der Waals surface area contributed by atoms with Gasteiger partial charge in [-0.3, -0.25) is 9.88 Å². The third-order valence-electron chi connectivity index (χ3n) is 4.63. The number of piperidine rings is 1. The Morgan fingerprint density at radius 3 is 2.65 bits per heavy atom. The summed E-state index contributed by atoms with van der Waals surface area (Å²) in [5.74, 6) is 0.896. The number of rotatable bonds is 4. The molecule has 1 aromatic rings. The Kier molecular flexibility index (Phi) is 5.33.